The Morgan fingerprint density at radius 3 is 2.00 bits per heavy atom. The molecule has 5 N–H and O–H groups in total. The lowest BCUT2D eigenvalue weighted by atomic mass is 9.69. The minimum Gasteiger partial charge on any atom is -0.358 e. The molecule has 6 atom stereocenters. The van der Waals surface area contributed by atoms with Crippen molar-refractivity contribution in [3.63, 3.8) is 0 Å². The number of ketones is 1. The van der Waals surface area contributed by atoms with Crippen LogP contribution >= 0.6 is 0 Å². The van der Waals surface area contributed by atoms with Crippen LogP contribution in [-0.2, 0) is 23.9 Å². The van der Waals surface area contributed by atoms with Gasteiger partial charge in [0.25, 0.3) is 5.91 Å². The molecule has 2 unspecified atom stereocenters. The van der Waals surface area contributed by atoms with Crippen LogP contribution in [0.25, 0.3) is 0 Å². The maximum atomic E-state index is 14.3. The molecular formula is C33H57F3N6O6. The second-order valence-electron chi connectivity index (χ2n) is 15.7. The zero-order chi connectivity index (χ0) is 37.0. The number of rotatable bonds is 13. The Hall–Kier alpha value is -2.94. The molecule has 0 aromatic rings. The number of alkyl halides is 3. The van der Waals surface area contributed by atoms with Gasteiger partial charge >= 0.3 is 12.2 Å². The van der Waals surface area contributed by atoms with Gasteiger partial charge in [-0.15, -0.1) is 0 Å². The van der Waals surface area contributed by atoms with Gasteiger partial charge in [-0.1, -0.05) is 55.4 Å². The van der Waals surface area contributed by atoms with Gasteiger partial charge in [0.2, 0.25) is 17.6 Å². The number of carbonyl (C=O) groups excluding carboxylic acids is 5. The second-order valence-corrected chi connectivity index (χ2v) is 15.7. The molecule has 0 bridgehead atoms. The fourth-order valence-electron chi connectivity index (χ4n) is 6.25. The van der Waals surface area contributed by atoms with E-state index in [9.17, 15) is 37.1 Å². The van der Waals surface area contributed by atoms with Crippen molar-refractivity contribution in [2.45, 2.75) is 138 Å². The Balaban J connectivity index is 2.39. The van der Waals surface area contributed by atoms with Crippen LogP contribution in [0.4, 0.5) is 18.0 Å². The number of likely N-dealkylation sites (tertiary alicyclic amines) is 1. The van der Waals surface area contributed by atoms with Crippen LogP contribution < -0.4 is 26.6 Å². The van der Waals surface area contributed by atoms with Crippen molar-refractivity contribution in [3.8, 4) is 0 Å². The van der Waals surface area contributed by atoms with E-state index in [1.807, 2.05) is 48.5 Å². The summed E-state index contributed by atoms with van der Waals surface area (Å²) >= 11 is 0. The highest BCUT2D eigenvalue weighted by Gasteiger charge is 2.58. The molecule has 48 heavy (non-hydrogen) atoms. The Morgan fingerprint density at radius 2 is 1.56 bits per heavy atom. The molecule has 2 rings (SSSR count). The summed E-state index contributed by atoms with van der Waals surface area (Å²) in [4.78, 5) is 68.3. The molecule has 0 radical (unpaired) electrons. The Morgan fingerprint density at radius 1 is 0.958 bits per heavy atom. The van der Waals surface area contributed by atoms with Gasteiger partial charge in [-0.3, -0.25) is 24.5 Å². The summed E-state index contributed by atoms with van der Waals surface area (Å²) in [6, 6.07) is -4.53. The van der Waals surface area contributed by atoms with Crippen molar-refractivity contribution in [3.05, 3.63) is 0 Å². The lowest BCUT2D eigenvalue weighted by molar-refractivity contribution is -0.202. The monoisotopic (exact) mass is 690 g/mol. The standard InChI is InChI=1S/C33H57F3N6O6/c1-12-37-26(45)23(43)21(13-15-33(34,35)36)39-25(44)22-20(18(2)3)14-16-42(22)27(46)24(30(6,7)8)40-29(47)41-32(31(9,10)11)17-48-28(32)38-19(4)5/h18-22,24,28,38H,12-17H2,1-11H3,(H,37,45)(H,39,44)(H2,40,41,47)/t20-,21?,22+,24-,28?,32+/m1/s1. The molecule has 2 heterocycles. The van der Waals surface area contributed by atoms with Crippen LogP contribution in [-0.4, -0.2) is 96.2 Å². The van der Waals surface area contributed by atoms with E-state index in [4.69, 9.17) is 4.74 Å². The summed E-state index contributed by atoms with van der Waals surface area (Å²) in [6.45, 7) is 20.9. The number of hydrogen-bond acceptors (Lipinski definition) is 7. The van der Waals surface area contributed by atoms with Crippen LogP contribution in [0, 0.1) is 22.7 Å². The number of urea groups is 1. The molecule has 5 amide bonds. The van der Waals surface area contributed by atoms with Crippen LogP contribution in [0.2, 0.25) is 0 Å². The predicted molar refractivity (Wildman–Crippen MR) is 174 cm³/mol. The minimum absolute atomic E-state index is 0.0679. The summed E-state index contributed by atoms with van der Waals surface area (Å²) in [5.74, 6) is -4.20. The smallest absolute Gasteiger partial charge is 0.358 e. The molecule has 15 heteroatoms. The predicted octanol–water partition coefficient (Wildman–Crippen LogP) is 3.25. The van der Waals surface area contributed by atoms with Crippen LogP contribution in [0.1, 0.15) is 95.4 Å². The lowest BCUT2D eigenvalue weighted by Crippen LogP contribution is -2.79. The van der Waals surface area contributed by atoms with Gasteiger partial charge in [0.05, 0.1) is 12.6 Å². The third-order valence-corrected chi connectivity index (χ3v) is 9.24. The molecular weight excluding hydrogens is 633 g/mol. The summed E-state index contributed by atoms with van der Waals surface area (Å²) in [6.07, 6.45) is -6.93. The van der Waals surface area contributed by atoms with Crippen molar-refractivity contribution in [2.75, 3.05) is 19.7 Å². The summed E-state index contributed by atoms with van der Waals surface area (Å²) in [7, 11) is 0. The maximum Gasteiger partial charge on any atom is 0.389 e. The van der Waals surface area contributed by atoms with E-state index in [2.05, 4.69) is 26.6 Å². The fraction of sp³-hybridized carbons (Fsp3) is 0.848. The zero-order valence-corrected chi connectivity index (χ0v) is 30.3. The summed E-state index contributed by atoms with van der Waals surface area (Å²) < 4.78 is 45.2. The van der Waals surface area contributed by atoms with Gasteiger partial charge in [0.15, 0.2) is 0 Å². The number of likely N-dealkylation sites (N-methyl/N-ethyl adjacent to an activating group) is 1. The van der Waals surface area contributed by atoms with Crippen molar-refractivity contribution in [1.29, 1.82) is 0 Å². The first-order valence-corrected chi connectivity index (χ1v) is 16.8. The van der Waals surface area contributed by atoms with E-state index in [1.54, 1.807) is 27.7 Å². The summed E-state index contributed by atoms with van der Waals surface area (Å²) in [5, 5.41) is 13.9. The van der Waals surface area contributed by atoms with E-state index < -0.39 is 95.2 Å². The average Bonchev–Trinajstić information content (AvgIpc) is 3.38. The number of nitrogens with zero attached hydrogens (tertiary/aromatic N) is 1. The highest BCUT2D eigenvalue weighted by atomic mass is 19.4. The zero-order valence-electron chi connectivity index (χ0n) is 30.3. The number of carbonyl (C=O) groups is 5. The van der Waals surface area contributed by atoms with Crippen LogP contribution in [0.15, 0.2) is 0 Å². The topological polar surface area (TPSA) is 158 Å². The molecule has 276 valence electrons. The first-order valence-electron chi connectivity index (χ1n) is 16.8. The Kier molecular flexibility index (Phi) is 13.5. The van der Waals surface area contributed by atoms with Crippen LogP contribution in [0.5, 0.6) is 0 Å². The first-order chi connectivity index (χ1) is 21.9. The van der Waals surface area contributed by atoms with Gasteiger partial charge in [0, 0.05) is 25.6 Å². The van der Waals surface area contributed by atoms with Crippen molar-refractivity contribution in [1.82, 2.24) is 31.5 Å². The molecule has 2 fully saturated rings. The first kappa shape index (κ1) is 41.2. The number of Topliss-reactive ketones (excluding diaryl/α,β-unsaturated/α-hetero) is 1. The third-order valence-electron chi connectivity index (χ3n) is 9.24. The van der Waals surface area contributed by atoms with E-state index in [0.717, 1.165) is 0 Å². The molecule has 2 aliphatic heterocycles. The Bertz CT molecular complexity index is 1180. The molecule has 0 aromatic carbocycles. The normalized spacial score (nSPS) is 24.5. The minimum atomic E-state index is -4.63. The number of amides is 5. The van der Waals surface area contributed by atoms with Crippen molar-refractivity contribution in [2.24, 2.45) is 22.7 Å². The van der Waals surface area contributed by atoms with Crippen molar-refractivity contribution >= 4 is 29.5 Å². The van der Waals surface area contributed by atoms with E-state index in [0.29, 0.717) is 6.42 Å². The lowest BCUT2D eigenvalue weighted by Gasteiger charge is -2.57. The van der Waals surface area contributed by atoms with Gasteiger partial charge < -0.3 is 30.9 Å². The number of ether oxygens (including phenoxy) is 1. The maximum absolute atomic E-state index is 14.3. The van der Waals surface area contributed by atoms with E-state index in [1.165, 1.54) is 4.90 Å². The number of halogens is 3. The molecule has 2 saturated heterocycles. The fourth-order valence-corrected chi connectivity index (χ4v) is 6.25. The van der Waals surface area contributed by atoms with Gasteiger partial charge in [-0.2, -0.15) is 13.2 Å². The molecule has 0 saturated carbocycles. The molecule has 0 spiro atoms. The largest absolute Gasteiger partial charge is 0.389 e. The second kappa shape index (κ2) is 15.7. The van der Waals surface area contributed by atoms with Gasteiger partial charge in [0.1, 0.15) is 23.9 Å². The number of nitrogens with one attached hydrogen (secondary N) is 5. The Labute approximate surface area is 282 Å². The van der Waals surface area contributed by atoms with Gasteiger partial charge in [-0.05, 0) is 56.3 Å². The average molecular weight is 691 g/mol. The van der Waals surface area contributed by atoms with Crippen molar-refractivity contribution < 1.29 is 41.9 Å². The van der Waals surface area contributed by atoms with E-state index >= 15 is 0 Å². The molecule has 0 aliphatic carbocycles. The molecule has 2 aliphatic rings. The third kappa shape index (κ3) is 10.1. The van der Waals surface area contributed by atoms with Crippen LogP contribution in [0.3, 0.4) is 0 Å². The SMILES string of the molecule is CCNC(=O)C(=O)C(CCC(F)(F)F)NC(=O)[C@@H]1[C@@H](C(C)C)CCN1C(=O)[C@@H](NC(=O)N[C@@]1(C(C)(C)C)COC1NC(C)C)C(C)(C)C. The quantitative estimate of drug-likeness (QED) is 0.186. The summed E-state index contributed by atoms with van der Waals surface area (Å²) in [5.41, 5.74) is -2.06. The molecule has 12 nitrogen and oxygen atoms in total. The van der Waals surface area contributed by atoms with Gasteiger partial charge in [-0.25, -0.2) is 4.79 Å². The number of hydrogen-bond donors (Lipinski definition) is 5. The van der Waals surface area contributed by atoms with E-state index in [-0.39, 0.29) is 31.7 Å². The molecule has 0 aromatic heterocycles. The highest BCUT2D eigenvalue weighted by molar-refractivity contribution is 6.38. The highest BCUT2D eigenvalue weighted by Crippen LogP contribution is 2.41.